The Morgan fingerprint density at radius 1 is 1.38 bits per heavy atom. The molecule has 2 aliphatic rings. The molecule has 0 radical (unpaired) electrons. The summed E-state index contributed by atoms with van der Waals surface area (Å²) >= 11 is 5.75. The number of nitrogens with zero attached hydrogens (tertiary/aromatic N) is 1. The first-order chi connectivity index (χ1) is 10.0. The van der Waals surface area contributed by atoms with Crippen LogP contribution in [0.1, 0.15) is 36.0 Å². The maximum Gasteiger partial charge on any atom is 0.288 e. The number of amides is 1. The number of benzene rings is 1. The number of fused-ring (bicyclic) bond motifs is 2. The average molecular weight is 309 g/mol. The van der Waals surface area contributed by atoms with Crippen molar-refractivity contribution in [3.8, 4) is 0 Å². The Morgan fingerprint density at radius 2 is 2.19 bits per heavy atom. The van der Waals surface area contributed by atoms with E-state index in [0.29, 0.717) is 12.5 Å². The van der Waals surface area contributed by atoms with Crippen molar-refractivity contribution < 1.29 is 9.72 Å². The van der Waals surface area contributed by atoms with Gasteiger partial charge in [0.25, 0.3) is 11.6 Å². The zero-order chi connectivity index (χ0) is 15.0. The topological polar surface area (TPSA) is 72.2 Å². The SMILES string of the molecule is O=C(NCC1CC2CCC1C2)c1ccc(Cl)c([N+](=O)[O-])c1. The molecule has 5 nitrogen and oxygen atoms in total. The van der Waals surface area contributed by atoms with Gasteiger partial charge in [0.2, 0.25) is 0 Å². The second kappa shape index (κ2) is 5.64. The van der Waals surface area contributed by atoms with E-state index >= 15 is 0 Å². The monoisotopic (exact) mass is 308 g/mol. The van der Waals surface area contributed by atoms with Crippen molar-refractivity contribution >= 4 is 23.2 Å². The number of rotatable bonds is 4. The minimum Gasteiger partial charge on any atom is -0.352 e. The van der Waals surface area contributed by atoms with E-state index in [1.165, 1.54) is 43.9 Å². The third-order valence-corrected chi connectivity index (χ3v) is 5.13. The normalized spacial score (nSPS) is 26.8. The molecular weight excluding hydrogens is 292 g/mol. The summed E-state index contributed by atoms with van der Waals surface area (Å²) in [5.41, 5.74) is 0.0542. The van der Waals surface area contributed by atoms with Gasteiger partial charge in [-0.25, -0.2) is 0 Å². The van der Waals surface area contributed by atoms with Gasteiger partial charge in [-0.05, 0) is 49.1 Å². The molecule has 1 amide bonds. The molecule has 0 spiro atoms. The van der Waals surface area contributed by atoms with Crippen molar-refractivity contribution in [3.05, 3.63) is 38.9 Å². The van der Waals surface area contributed by atoms with Crippen molar-refractivity contribution in [1.82, 2.24) is 5.32 Å². The van der Waals surface area contributed by atoms with E-state index in [1.54, 1.807) is 0 Å². The van der Waals surface area contributed by atoms with E-state index in [2.05, 4.69) is 5.32 Å². The van der Waals surface area contributed by atoms with Crippen LogP contribution in [0.15, 0.2) is 18.2 Å². The van der Waals surface area contributed by atoms with Gasteiger partial charge in [-0.1, -0.05) is 18.0 Å². The quantitative estimate of drug-likeness (QED) is 0.684. The van der Waals surface area contributed by atoms with Crippen molar-refractivity contribution in [2.75, 3.05) is 6.54 Å². The fraction of sp³-hybridized carbons (Fsp3) is 0.533. The Bertz CT molecular complexity index is 590. The lowest BCUT2D eigenvalue weighted by Gasteiger charge is -2.21. The van der Waals surface area contributed by atoms with E-state index in [0.717, 1.165) is 11.8 Å². The molecule has 6 heteroatoms. The number of hydrogen-bond donors (Lipinski definition) is 1. The zero-order valence-electron chi connectivity index (χ0n) is 11.5. The number of carbonyl (C=O) groups is 1. The molecule has 0 heterocycles. The molecule has 3 rings (SSSR count). The first-order valence-electron chi connectivity index (χ1n) is 7.26. The second-order valence-corrected chi connectivity index (χ2v) is 6.48. The van der Waals surface area contributed by atoms with Crippen LogP contribution in [-0.4, -0.2) is 17.4 Å². The maximum atomic E-state index is 12.1. The van der Waals surface area contributed by atoms with E-state index < -0.39 is 4.92 Å². The maximum absolute atomic E-state index is 12.1. The van der Waals surface area contributed by atoms with Gasteiger partial charge in [-0.15, -0.1) is 0 Å². The number of nitro benzene ring substituents is 1. The van der Waals surface area contributed by atoms with Gasteiger partial charge in [0.15, 0.2) is 0 Å². The van der Waals surface area contributed by atoms with E-state index in [4.69, 9.17) is 11.6 Å². The van der Waals surface area contributed by atoms with Crippen molar-refractivity contribution in [2.45, 2.75) is 25.7 Å². The Hall–Kier alpha value is -1.62. The van der Waals surface area contributed by atoms with Crippen LogP contribution in [0.25, 0.3) is 0 Å². The van der Waals surface area contributed by atoms with Gasteiger partial charge in [0.1, 0.15) is 5.02 Å². The highest BCUT2D eigenvalue weighted by Crippen LogP contribution is 2.47. The fourth-order valence-corrected chi connectivity index (χ4v) is 3.93. The average Bonchev–Trinajstić information content (AvgIpc) is 3.07. The number of nitro groups is 1. The zero-order valence-corrected chi connectivity index (χ0v) is 12.3. The molecule has 2 aliphatic carbocycles. The molecule has 1 aromatic carbocycles. The van der Waals surface area contributed by atoms with Crippen LogP contribution in [0.4, 0.5) is 5.69 Å². The van der Waals surface area contributed by atoms with Gasteiger partial charge in [0.05, 0.1) is 4.92 Å². The summed E-state index contributed by atoms with van der Waals surface area (Å²) < 4.78 is 0. The number of carbonyl (C=O) groups excluding carboxylic acids is 1. The molecule has 3 unspecified atom stereocenters. The summed E-state index contributed by atoms with van der Waals surface area (Å²) in [5.74, 6) is 1.89. The summed E-state index contributed by atoms with van der Waals surface area (Å²) in [7, 11) is 0. The summed E-state index contributed by atoms with van der Waals surface area (Å²) in [4.78, 5) is 22.4. The predicted molar refractivity (Wildman–Crippen MR) is 79.4 cm³/mol. The third kappa shape index (κ3) is 2.88. The first-order valence-corrected chi connectivity index (χ1v) is 7.64. The minimum atomic E-state index is -0.574. The van der Waals surface area contributed by atoms with Crippen LogP contribution >= 0.6 is 11.6 Å². The summed E-state index contributed by atoms with van der Waals surface area (Å²) in [6, 6.07) is 4.15. The first kappa shape index (κ1) is 14.3. The predicted octanol–water partition coefficient (Wildman–Crippen LogP) is 3.41. The summed E-state index contributed by atoms with van der Waals surface area (Å²) in [5, 5.41) is 13.8. The van der Waals surface area contributed by atoms with Gasteiger partial charge in [0, 0.05) is 18.2 Å². The van der Waals surface area contributed by atoms with Gasteiger partial charge in [-0.2, -0.15) is 0 Å². The minimum absolute atomic E-state index is 0.0460. The highest BCUT2D eigenvalue weighted by molar-refractivity contribution is 6.32. The van der Waals surface area contributed by atoms with E-state index in [9.17, 15) is 14.9 Å². The van der Waals surface area contributed by atoms with Crippen molar-refractivity contribution in [1.29, 1.82) is 0 Å². The Labute approximate surface area is 127 Å². The molecule has 2 bridgehead atoms. The number of hydrogen-bond acceptors (Lipinski definition) is 3. The fourth-order valence-electron chi connectivity index (χ4n) is 3.75. The second-order valence-electron chi connectivity index (χ2n) is 6.07. The van der Waals surface area contributed by atoms with Gasteiger partial charge < -0.3 is 5.32 Å². The van der Waals surface area contributed by atoms with Crippen LogP contribution in [0.5, 0.6) is 0 Å². The molecule has 2 saturated carbocycles. The summed E-state index contributed by atoms with van der Waals surface area (Å²) in [6.07, 6.45) is 5.11. The standard InChI is InChI=1S/C15H17ClN2O3/c16-13-4-3-11(7-14(13)18(20)21)15(19)17-8-12-6-9-1-2-10(12)5-9/h3-4,7,9-10,12H,1-2,5-6,8H2,(H,17,19). The smallest absolute Gasteiger partial charge is 0.288 e. The molecular formula is C15H17ClN2O3. The van der Waals surface area contributed by atoms with Crippen LogP contribution in [-0.2, 0) is 0 Å². The number of halogens is 1. The lowest BCUT2D eigenvalue weighted by Crippen LogP contribution is -2.31. The van der Waals surface area contributed by atoms with Crippen LogP contribution in [0, 0.1) is 27.9 Å². The van der Waals surface area contributed by atoms with Gasteiger partial charge >= 0.3 is 0 Å². The Morgan fingerprint density at radius 3 is 2.81 bits per heavy atom. The Balaban J connectivity index is 1.63. The molecule has 21 heavy (non-hydrogen) atoms. The van der Waals surface area contributed by atoms with Crippen LogP contribution < -0.4 is 5.32 Å². The molecule has 1 N–H and O–H groups in total. The molecule has 0 aromatic heterocycles. The van der Waals surface area contributed by atoms with E-state index in [-0.39, 0.29) is 22.2 Å². The number of nitrogens with one attached hydrogen (secondary N) is 1. The van der Waals surface area contributed by atoms with E-state index in [1.807, 2.05) is 0 Å². The van der Waals surface area contributed by atoms with Crippen LogP contribution in [0.2, 0.25) is 5.02 Å². The lowest BCUT2D eigenvalue weighted by atomic mass is 9.89. The molecule has 0 aliphatic heterocycles. The largest absolute Gasteiger partial charge is 0.352 e. The Kier molecular flexibility index (Phi) is 3.85. The van der Waals surface area contributed by atoms with Crippen molar-refractivity contribution in [3.63, 3.8) is 0 Å². The molecule has 2 fully saturated rings. The van der Waals surface area contributed by atoms with Gasteiger partial charge in [-0.3, -0.25) is 14.9 Å². The molecule has 1 aromatic rings. The summed E-state index contributed by atoms with van der Waals surface area (Å²) in [6.45, 7) is 0.663. The van der Waals surface area contributed by atoms with Crippen LogP contribution in [0.3, 0.4) is 0 Å². The van der Waals surface area contributed by atoms with Crippen molar-refractivity contribution in [2.24, 2.45) is 17.8 Å². The lowest BCUT2D eigenvalue weighted by molar-refractivity contribution is -0.384. The molecule has 112 valence electrons. The molecule has 3 atom stereocenters. The third-order valence-electron chi connectivity index (χ3n) is 4.81. The highest BCUT2D eigenvalue weighted by Gasteiger charge is 2.39. The highest BCUT2D eigenvalue weighted by atomic mass is 35.5. The molecule has 0 saturated heterocycles.